The molecule has 112 valence electrons. The van der Waals surface area contributed by atoms with Gasteiger partial charge >= 0.3 is 0 Å². The highest BCUT2D eigenvalue weighted by molar-refractivity contribution is 14.0. The minimum absolute atomic E-state index is 0. The maximum absolute atomic E-state index is 5.85. The summed E-state index contributed by atoms with van der Waals surface area (Å²) in [6, 6.07) is 7.98. The molecule has 0 aliphatic heterocycles. The topological polar surface area (TPSA) is 36.4 Å². The van der Waals surface area contributed by atoms with Gasteiger partial charge < -0.3 is 10.6 Å². The molecule has 0 heterocycles. The van der Waals surface area contributed by atoms with Crippen LogP contribution in [0.1, 0.15) is 18.9 Å². The first kappa shape index (κ1) is 19.2. The summed E-state index contributed by atoms with van der Waals surface area (Å²) in [5, 5.41) is 7.16. The Morgan fingerprint density at radius 2 is 2.00 bits per heavy atom. The molecule has 1 aromatic carbocycles. The van der Waals surface area contributed by atoms with Gasteiger partial charge in [0.05, 0.1) is 0 Å². The molecular formula is C15H23ClIN3. The van der Waals surface area contributed by atoms with Crippen LogP contribution in [0.15, 0.2) is 41.9 Å². The number of hydrogen-bond acceptors (Lipinski definition) is 1. The average molecular weight is 408 g/mol. The predicted octanol–water partition coefficient (Wildman–Crippen LogP) is 3.63. The SMILES string of the molecule is C=CCNC(=NCCCc1ccc(Cl)cc1)NCC.I. The molecule has 0 saturated heterocycles. The van der Waals surface area contributed by atoms with E-state index in [1.807, 2.05) is 18.2 Å². The van der Waals surface area contributed by atoms with Crippen LogP contribution in [-0.2, 0) is 6.42 Å². The molecule has 1 rings (SSSR count). The van der Waals surface area contributed by atoms with Gasteiger partial charge in [0.1, 0.15) is 0 Å². The second-order valence-corrected chi connectivity index (χ2v) is 4.60. The van der Waals surface area contributed by atoms with Crippen LogP contribution in [0.5, 0.6) is 0 Å². The molecule has 2 N–H and O–H groups in total. The number of benzene rings is 1. The van der Waals surface area contributed by atoms with Crippen molar-refractivity contribution in [2.24, 2.45) is 4.99 Å². The van der Waals surface area contributed by atoms with Gasteiger partial charge in [0, 0.05) is 24.7 Å². The van der Waals surface area contributed by atoms with Crippen LogP contribution in [0, 0.1) is 0 Å². The van der Waals surface area contributed by atoms with Gasteiger partial charge in [-0.25, -0.2) is 0 Å². The molecule has 0 radical (unpaired) electrons. The molecule has 3 nitrogen and oxygen atoms in total. The lowest BCUT2D eigenvalue weighted by Crippen LogP contribution is -2.37. The molecule has 0 aliphatic rings. The summed E-state index contributed by atoms with van der Waals surface area (Å²) in [5.41, 5.74) is 1.30. The van der Waals surface area contributed by atoms with Gasteiger partial charge in [-0.3, -0.25) is 4.99 Å². The van der Waals surface area contributed by atoms with Crippen LogP contribution >= 0.6 is 35.6 Å². The number of nitrogens with zero attached hydrogens (tertiary/aromatic N) is 1. The van der Waals surface area contributed by atoms with Crippen LogP contribution in [-0.4, -0.2) is 25.6 Å². The Labute approximate surface area is 143 Å². The molecule has 0 aromatic heterocycles. The first-order valence-electron chi connectivity index (χ1n) is 6.63. The third-order valence-electron chi connectivity index (χ3n) is 2.56. The molecule has 0 atom stereocenters. The fraction of sp³-hybridized carbons (Fsp3) is 0.400. The molecule has 20 heavy (non-hydrogen) atoms. The normalized spacial score (nSPS) is 10.6. The van der Waals surface area contributed by atoms with Crippen molar-refractivity contribution in [3.63, 3.8) is 0 Å². The molecule has 0 spiro atoms. The summed E-state index contributed by atoms with van der Waals surface area (Å²) in [5.74, 6) is 0.846. The third-order valence-corrected chi connectivity index (χ3v) is 2.82. The summed E-state index contributed by atoms with van der Waals surface area (Å²) in [4.78, 5) is 4.50. The van der Waals surface area contributed by atoms with E-state index in [0.29, 0.717) is 0 Å². The minimum Gasteiger partial charge on any atom is -0.357 e. The van der Waals surface area contributed by atoms with Crippen molar-refractivity contribution >= 4 is 41.5 Å². The molecule has 0 unspecified atom stereocenters. The number of halogens is 2. The first-order valence-corrected chi connectivity index (χ1v) is 7.01. The van der Waals surface area contributed by atoms with Crippen molar-refractivity contribution < 1.29 is 0 Å². The standard InChI is InChI=1S/C15H22ClN3.HI/c1-3-11-18-15(17-4-2)19-12-5-6-13-7-9-14(16)10-8-13;/h3,7-10H,1,4-6,11-12H2,2H3,(H2,17,18,19);1H. The van der Waals surface area contributed by atoms with E-state index >= 15 is 0 Å². The molecule has 0 saturated carbocycles. The monoisotopic (exact) mass is 407 g/mol. The van der Waals surface area contributed by atoms with Crippen LogP contribution < -0.4 is 10.6 Å². The van der Waals surface area contributed by atoms with Crippen LogP contribution in [0.2, 0.25) is 5.02 Å². The van der Waals surface area contributed by atoms with E-state index in [4.69, 9.17) is 11.6 Å². The highest BCUT2D eigenvalue weighted by Gasteiger charge is 1.96. The van der Waals surface area contributed by atoms with Crippen molar-refractivity contribution in [2.75, 3.05) is 19.6 Å². The Morgan fingerprint density at radius 1 is 1.30 bits per heavy atom. The Bertz CT molecular complexity index is 404. The first-order chi connectivity index (χ1) is 9.26. The number of rotatable bonds is 7. The van der Waals surface area contributed by atoms with Crippen molar-refractivity contribution in [1.82, 2.24) is 10.6 Å². The molecular weight excluding hydrogens is 385 g/mol. The Balaban J connectivity index is 0.00000361. The Hall–Kier alpha value is -0.750. The van der Waals surface area contributed by atoms with Gasteiger partial charge in [0.15, 0.2) is 5.96 Å². The summed E-state index contributed by atoms with van der Waals surface area (Å²) in [6.07, 6.45) is 3.86. The van der Waals surface area contributed by atoms with Gasteiger partial charge in [-0.2, -0.15) is 0 Å². The van der Waals surface area contributed by atoms with Gasteiger partial charge in [0.25, 0.3) is 0 Å². The fourth-order valence-corrected chi connectivity index (χ4v) is 1.76. The molecule has 0 bridgehead atoms. The lowest BCUT2D eigenvalue weighted by atomic mass is 10.1. The molecule has 5 heteroatoms. The minimum atomic E-state index is 0. The number of nitrogens with one attached hydrogen (secondary N) is 2. The lowest BCUT2D eigenvalue weighted by Gasteiger charge is -2.09. The smallest absolute Gasteiger partial charge is 0.191 e. The summed E-state index contributed by atoms with van der Waals surface area (Å²) >= 11 is 5.85. The predicted molar refractivity (Wildman–Crippen MR) is 99.4 cm³/mol. The molecule has 0 aliphatic carbocycles. The van der Waals surface area contributed by atoms with Crippen molar-refractivity contribution in [2.45, 2.75) is 19.8 Å². The van der Waals surface area contributed by atoms with Gasteiger partial charge in [0.2, 0.25) is 0 Å². The second kappa shape index (κ2) is 12.0. The molecule has 0 fully saturated rings. The van der Waals surface area contributed by atoms with E-state index in [9.17, 15) is 0 Å². The van der Waals surface area contributed by atoms with Gasteiger partial charge in [-0.1, -0.05) is 29.8 Å². The van der Waals surface area contributed by atoms with E-state index in [1.165, 1.54) is 5.56 Å². The van der Waals surface area contributed by atoms with E-state index in [0.717, 1.165) is 43.5 Å². The van der Waals surface area contributed by atoms with Crippen LogP contribution in [0.3, 0.4) is 0 Å². The number of aryl methyl sites for hydroxylation is 1. The summed E-state index contributed by atoms with van der Waals surface area (Å²) in [7, 11) is 0. The zero-order chi connectivity index (χ0) is 13.9. The van der Waals surface area contributed by atoms with Crippen molar-refractivity contribution in [1.29, 1.82) is 0 Å². The van der Waals surface area contributed by atoms with Crippen LogP contribution in [0.25, 0.3) is 0 Å². The number of aliphatic imine (C=N–C) groups is 1. The maximum atomic E-state index is 5.85. The van der Waals surface area contributed by atoms with E-state index in [2.05, 4.69) is 41.3 Å². The zero-order valence-corrected chi connectivity index (χ0v) is 14.9. The Morgan fingerprint density at radius 3 is 2.60 bits per heavy atom. The number of guanidine groups is 1. The average Bonchev–Trinajstić information content (AvgIpc) is 2.42. The van der Waals surface area contributed by atoms with Crippen LogP contribution in [0.4, 0.5) is 0 Å². The summed E-state index contributed by atoms with van der Waals surface area (Å²) in [6.45, 7) is 8.12. The second-order valence-electron chi connectivity index (χ2n) is 4.16. The highest BCUT2D eigenvalue weighted by atomic mass is 127. The van der Waals surface area contributed by atoms with E-state index in [-0.39, 0.29) is 24.0 Å². The fourth-order valence-electron chi connectivity index (χ4n) is 1.64. The molecule has 1 aromatic rings. The van der Waals surface area contributed by atoms with Gasteiger partial charge in [-0.15, -0.1) is 30.6 Å². The maximum Gasteiger partial charge on any atom is 0.191 e. The number of hydrogen-bond donors (Lipinski definition) is 2. The lowest BCUT2D eigenvalue weighted by molar-refractivity contribution is 0.802. The molecule has 0 amide bonds. The van der Waals surface area contributed by atoms with Crippen molar-refractivity contribution in [3.05, 3.63) is 47.5 Å². The van der Waals surface area contributed by atoms with E-state index < -0.39 is 0 Å². The van der Waals surface area contributed by atoms with Crippen molar-refractivity contribution in [3.8, 4) is 0 Å². The third kappa shape index (κ3) is 8.43. The van der Waals surface area contributed by atoms with E-state index in [1.54, 1.807) is 0 Å². The summed E-state index contributed by atoms with van der Waals surface area (Å²) < 4.78 is 0. The zero-order valence-electron chi connectivity index (χ0n) is 11.9. The quantitative estimate of drug-likeness (QED) is 0.238. The van der Waals surface area contributed by atoms with Gasteiger partial charge in [-0.05, 0) is 37.5 Å². The largest absolute Gasteiger partial charge is 0.357 e. The Kier molecular flexibility index (Phi) is 11.6. The highest BCUT2D eigenvalue weighted by Crippen LogP contribution is 2.10.